The number of aromatic nitrogens is 1. The molecule has 3 heterocycles. The Hall–Kier alpha value is -3.43. The summed E-state index contributed by atoms with van der Waals surface area (Å²) in [6.45, 7) is 6.86. The van der Waals surface area contributed by atoms with Gasteiger partial charge in [-0.3, -0.25) is 9.59 Å². The molecule has 3 atom stereocenters. The number of carbonyl (C=O) groups is 2. The number of likely N-dealkylation sites (tertiary alicyclic amines) is 1. The SMILES string of the molecule is Cc1ccc(OCc2ccc(C(=O)N3CCC(O)C3)cc2C)c(-c2csc(N3CC4CCC(C3)C4C(=O)O)n2)c1. The van der Waals surface area contributed by atoms with Crippen LogP contribution in [0.25, 0.3) is 11.3 Å². The molecule has 1 saturated carbocycles. The molecule has 3 fully saturated rings. The highest BCUT2D eigenvalue weighted by atomic mass is 32.1. The zero-order valence-corrected chi connectivity index (χ0v) is 23.7. The Morgan fingerprint density at radius 3 is 2.50 bits per heavy atom. The summed E-state index contributed by atoms with van der Waals surface area (Å²) in [5.74, 6) is 0.194. The normalized spacial score (nSPS) is 24.0. The van der Waals surface area contributed by atoms with Crippen LogP contribution >= 0.6 is 11.3 Å². The van der Waals surface area contributed by atoms with Gasteiger partial charge in [-0.25, -0.2) is 4.98 Å². The first-order valence-corrected chi connectivity index (χ1v) is 14.9. The number of nitrogens with zero attached hydrogens (tertiary/aromatic N) is 3. The summed E-state index contributed by atoms with van der Waals surface area (Å²) in [5.41, 5.74) is 5.51. The van der Waals surface area contributed by atoms with Gasteiger partial charge in [0.1, 0.15) is 12.4 Å². The summed E-state index contributed by atoms with van der Waals surface area (Å²) >= 11 is 1.60. The maximum absolute atomic E-state index is 12.8. The average molecular weight is 562 g/mol. The van der Waals surface area contributed by atoms with Gasteiger partial charge < -0.3 is 24.7 Å². The predicted octanol–water partition coefficient (Wildman–Crippen LogP) is 4.76. The highest BCUT2D eigenvalue weighted by Gasteiger charge is 2.46. The minimum Gasteiger partial charge on any atom is -0.488 e. The molecule has 3 aromatic rings. The van der Waals surface area contributed by atoms with Crippen molar-refractivity contribution in [2.75, 3.05) is 31.1 Å². The second-order valence-corrected chi connectivity index (χ2v) is 12.3. The Balaban J connectivity index is 1.16. The molecular formula is C31H35N3O5S. The first kappa shape index (κ1) is 26.8. The number of benzene rings is 2. The zero-order chi connectivity index (χ0) is 28.0. The molecule has 3 aliphatic rings. The number of fused-ring (bicyclic) bond motifs is 2. The van der Waals surface area contributed by atoms with Crippen LogP contribution in [0.1, 0.15) is 46.3 Å². The summed E-state index contributed by atoms with van der Waals surface area (Å²) in [5, 5.41) is 22.4. The van der Waals surface area contributed by atoms with Crippen molar-refractivity contribution < 1.29 is 24.5 Å². The van der Waals surface area contributed by atoms with Crippen LogP contribution in [0.2, 0.25) is 0 Å². The molecule has 8 nitrogen and oxygen atoms in total. The largest absolute Gasteiger partial charge is 0.488 e. The first-order chi connectivity index (χ1) is 19.3. The van der Waals surface area contributed by atoms with Crippen LogP contribution in [0.3, 0.4) is 0 Å². The number of ether oxygens (including phenoxy) is 1. The van der Waals surface area contributed by atoms with Crippen LogP contribution < -0.4 is 9.64 Å². The maximum atomic E-state index is 12.8. The van der Waals surface area contributed by atoms with Crippen LogP contribution in [0.15, 0.2) is 41.8 Å². The van der Waals surface area contributed by atoms with Gasteiger partial charge >= 0.3 is 5.97 Å². The molecule has 1 aliphatic carbocycles. The minimum absolute atomic E-state index is 0.0486. The molecular weight excluding hydrogens is 526 g/mol. The molecule has 2 aliphatic heterocycles. The van der Waals surface area contributed by atoms with E-state index in [4.69, 9.17) is 9.72 Å². The van der Waals surface area contributed by atoms with Gasteiger partial charge in [0.2, 0.25) is 0 Å². The van der Waals surface area contributed by atoms with E-state index < -0.39 is 12.1 Å². The fourth-order valence-corrected chi connectivity index (χ4v) is 7.39. The number of amides is 1. The third kappa shape index (κ3) is 5.20. The molecule has 0 spiro atoms. The monoisotopic (exact) mass is 561 g/mol. The number of aliphatic carboxylic acids is 1. The van der Waals surface area contributed by atoms with E-state index in [9.17, 15) is 19.8 Å². The molecule has 1 amide bonds. The summed E-state index contributed by atoms with van der Waals surface area (Å²) in [6, 6.07) is 11.8. The Bertz CT molecular complexity index is 1420. The Labute approximate surface area is 238 Å². The number of piperidine rings is 1. The number of carboxylic acids is 1. The van der Waals surface area contributed by atoms with Crippen molar-refractivity contribution in [2.24, 2.45) is 17.8 Å². The van der Waals surface area contributed by atoms with E-state index in [1.165, 1.54) is 0 Å². The van der Waals surface area contributed by atoms with Gasteiger partial charge in [0, 0.05) is 42.7 Å². The standard InChI is InChI=1S/C31H35N3O5S/c1-18-3-8-27(39-16-23-7-4-20(12-19(23)2)29(36)33-10-9-24(35)15-33)25(11-18)26-17-40-31(32-26)34-13-21-5-6-22(14-34)28(21)30(37)38/h3-4,7-8,11-12,17,21-22,24,28,35H,5-6,9-10,13-16H2,1-2H3,(H,37,38). The van der Waals surface area contributed by atoms with Crippen molar-refractivity contribution in [3.63, 3.8) is 0 Å². The van der Waals surface area contributed by atoms with Crippen molar-refractivity contribution in [2.45, 2.75) is 45.8 Å². The number of hydrogen-bond donors (Lipinski definition) is 2. The Morgan fingerprint density at radius 2 is 1.82 bits per heavy atom. The molecule has 40 heavy (non-hydrogen) atoms. The fraction of sp³-hybridized carbons (Fsp3) is 0.452. The van der Waals surface area contributed by atoms with Crippen LogP contribution in [0.4, 0.5) is 5.13 Å². The van der Waals surface area contributed by atoms with Gasteiger partial charge in [-0.2, -0.15) is 0 Å². The van der Waals surface area contributed by atoms with Crippen molar-refractivity contribution in [1.82, 2.24) is 9.88 Å². The third-order valence-corrected chi connectivity index (χ3v) is 9.62. The second kappa shape index (κ2) is 10.9. The van der Waals surface area contributed by atoms with E-state index in [1.54, 1.807) is 16.2 Å². The molecule has 6 rings (SSSR count). The molecule has 9 heteroatoms. The summed E-state index contributed by atoms with van der Waals surface area (Å²) in [7, 11) is 0. The van der Waals surface area contributed by atoms with Crippen molar-refractivity contribution >= 4 is 28.3 Å². The Kier molecular flexibility index (Phi) is 7.27. The van der Waals surface area contributed by atoms with E-state index in [-0.39, 0.29) is 23.7 Å². The van der Waals surface area contributed by atoms with Gasteiger partial charge in [0.25, 0.3) is 5.91 Å². The lowest BCUT2D eigenvalue weighted by Gasteiger charge is -2.35. The van der Waals surface area contributed by atoms with E-state index in [0.29, 0.717) is 31.7 Å². The van der Waals surface area contributed by atoms with Gasteiger partial charge in [-0.1, -0.05) is 17.7 Å². The zero-order valence-electron chi connectivity index (χ0n) is 22.9. The molecule has 2 bridgehead atoms. The molecule has 2 saturated heterocycles. The molecule has 2 N–H and O–H groups in total. The van der Waals surface area contributed by atoms with E-state index in [2.05, 4.69) is 16.3 Å². The second-order valence-electron chi connectivity index (χ2n) is 11.5. The lowest BCUT2D eigenvalue weighted by Crippen LogP contribution is -2.44. The quantitative estimate of drug-likeness (QED) is 0.429. The summed E-state index contributed by atoms with van der Waals surface area (Å²) < 4.78 is 6.32. The molecule has 0 radical (unpaired) electrons. The van der Waals surface area contributed by atoms with Gasteiger partial charge in [0.05, 0.1) is 17.7 Å². The van der Waals surface area contributed by atoms with E-state index >= 15 is 0 Å². The minimum atomic E-state index is -0.656. The van der Waals surface area contributed by atoms with E-state index in [0.717, 1.165) is 64.8 Å². The fourth-order valence-electron chi connectivity index (χ4n) is 6.54. The smallest absolute Gasteiger partial charge is 0.307 e. The lowest BCUT2D eigenvalue weighted by molar-refractivity contribution is -0.144. The van der Waals surface area contributed by atoms with Crippen LogP contribution in [0.5, 0.6) is 5.75 Å². The number of thiazole rings is 1. The van der Waals surface area contributed by atoms with Crippen molar-refractivity contribution in [1.29, 1.82) is 0 Å². The van der Waals surface area contributed by atoms with Crippen LogP contribution in [0, 0.1) is 31.6 Å². The van der Waals surface area contributed by atoms with Gasteiger partial charge in [-0.15, -0.1) is 11.3 Å². The number of β-amino-alcohol motifs (C(OH)–C–C–N with tert-alkyl or cyclic N) is 1. The van der Waals surface area contributed by atoms with Crippen LogP contribution in [-0.2, 0) is 11.4 Å². The topological polar surface area (TPSA) is 103 Å². The average Bonchev–Trinajstić information content (AvgIpc) is 3.66. The Morgan fingerprint density at radius 1 is 1.05 bits per heavy atom. The number of carbonyl (C=O) groups excluding carboxylic acids is 1. The highest BCUT2D eigenvalue weighted by molar-refractivity contribution is 7.14. The molecule has 1 aromatic heterocycles. The van der Waals surface area contributed by atoms with Crippen molar-refractivity contribution in [3.05, 3.63) is 64.0 Å². The molecule has 3 unspecified atom stereocenters. The van der Waals surface area contributed by atoms with Crippen LogP contribution in [-0.4, -0.2) is 64.3 Å². The summed E-state index contributed by atoms with van der Waals surface area (Å²) in [6.07, 6.45) is 2.14. The number of anilines is 1. The van der Waals surface area contributed by atoms with Crippen molar-refractivity contribution in [3.8, 4) is 17.0 Å². The first-order valence-electron chi connectivity index (χ1n) is 14.0. The lowest BCUT2D eigenvalue weighted by atomic mass is 9.85. The summed E-state index contributed by atoms with van der Waals surface area (Å²) in [4.78, 5) is 33.5. The number of aryl methyl sites for hydroxylation is 2. The van der Waals surface area contributed by atoms with Gasteiger partial charge in [-0.05, 0) is 80.3 Å². The highest BCUT2D eigenvalue weighted by Crippen LogP contribution is 2.44. The number of aliphatic hydroxyl groups excluding tert-OH is 1. The third-order valence-electron chi connectivity index (χ3n) is 8.72. The van der Waals surface area contributed by atoms with E-state index in [1.807, 2.05) is 44.2 Å². The molecule has 210 valence electrons. The maximum Gasteiger partial charge on any atom is 0.307 e. The predicted molar refractivity (Wildman–Crippen MR) is 154 cm³/mol. The number of hydrogen-bond acceptors (Lipinski definition) is 7. The van der Waals surface area contributed by atoms with Gasteiger partial charge in [0.15, 0.2) is 5.13 Å². The number of aliphatic hydroxyl groups is 1. The molecule has 2 aromatic carbocycles. The number of carboxylic acid groups (broad SMARTS) is 1. The number of rotatable bonds is 7.